The first-order chi connectivity index (χ1) is 9.66. The molecule has 0 aromatic heterocycles. The van der Waals surface area contributed by atoms with Crippen LogP contribution in [0.25, 0.3) is 0 Å². The Labute approximate surface area is 121 Å². The van der Waals surface area contributed by atoms with Gasteiger partial charge >= 0.3 is 0 Å². The fraction of sp³-hybridized carbons (Fsp3) is 0.588. The number of fused-ring (bicyclic) bond motifs is 1. The van der Waals surface area contributed by atoms with Crippen LogP contribution < -0.4 is 4.90 Å². The number of nitrogens with zero attached hydrogens (tertiary/aromatic N) is 2. The molecule has 0 saturated heterocycles. The lowest BCUT2D eigenvalue weighted by Gasteiger charge is -2.31. The SMILES string of the molecule is CN1CCc2cc(C(=O)N(C)C3CCCCC3)ccc21. The van der Waals surface area contributed by atoms with E-state index in [1.54, 1.807) is 0 Å². The van der Waals surface area contributed by atoms with E-state index in [0.29, 0.717) is 6.04 Å². The van der Waals surface area contributed by atoms with Crippen LogP contribution in [0.3, 0.4) is 0 Å². The standard InChI is InChI=1S/C17H24N2O/c1-18-11-10-13-12-14(8-9-16(13)18)17(20)19(2)15-6-4-3-5-7-15/h8-9,12,15H,3-7,10-11H2,1-2H3. The van der Waals surface area contributed by atoms with E-state index in [-0.39, 0.29) is 5.91 Å². The van der Waals surface area contributed by atoms with Crippen molar-refractivity contribution in [3.8, 4) is 0 Å². The first-order valence-corrected chi connectivity index (χ1v) is 7.78. The second-order valence-corrected chi connectivity index (χ2v) is 6.22. The number of benzene rings is 1. The van der Waals surface area contributed by atoms with Crippen molar-refractivity contribution >= 4 is 11.6 Å². The number of hydrogen-bond donors (Lipinski definition) is 0. The van der Waals surface area contributed by atoms with Crippen molar-refractivity contribution in [1.29, 1.82) is 0 Å². The summed E-state index contributed by atoms with van der Waals surface area (Å²) in [6, 6.07) is 6.62. The second kappa shape index (κ2) is 5.47. The van der Waals surface area contributed by atoms with E-state index in [1.807, 2.05) is 18.0 Å². The highest BCUT2D eigenvalue weighted by Gasteiger charge is 2.24. The van der Waals surface area contributed by atoms with E-state index in [4.69, 9.17) is 0 Å². The van der Waals surface area contributed by atoms with Gasteiger partial charge in [-0.25, -0.2) is 0 Å². The van der Waals surface area contributed by atoms with Gasteiger partial charge in [0.1, 0.15) is 0 Å². The Morgan fingerprint density at radius 1 is 1.25 bits per heavy atom. The molecule has 1 saturated carbocycles. The van der Waals surface area contributed by atoms with Crippen LogP contribution in [0.1, 0.15) is 48.0 Å². The maximum Gasteiger partial charge on any atom is 0.253 e. The van der Waals surface area contributed by atoms with Crippen LogP contribution in [0.15, 0.2) is 18.2 Å². The van der Waals surface area contributed by atoms with Crippen molar-refractivity contribution in [2.45, 2.75) is 44.6 Å². The van der Waals surface area contributed by atoms with E-state index >= 15 is 0 Å². The Kier molecular flexibility index (Phi) is 3.68. The summed E-state index contributed by atoms with van der Waals surface area (Å²) >= 11 is 0. The molecule has 0 bridgehead atoms. The van der Waals surface area contributed by atoms with Crippen LogP contribution in [-0.2, 0) is 6.42 Å². The van der Waals surface area contributed by atoms with Crippen molar-refractivity contribution in [3.63, 3.8) is 0 Å². The smallest absolute Gasteiger partial charge is 0.253 e. The molecule has 20 heavy (non-hydrogen) atoms. The van der Waals surface area contributed by atoms with Gasteiger partial charge in [-0.1, -0.05) is 19.3 Å². The molecule has 0 spiro atoms. The zero-order valence-electron chi connectivity index (χ0n) is 12.6. The number of rotatable bonds is 2. The molecule has 1 heterocycles. The molecule has 1 aromatic carbocycles. The summed E-state index contributed by atoms with van der Waals surface area (Å²) in [5.41, 5.74) is 3.45. The number of hydrogen-bond acceptors (Lipinski definition) is 2. The average molecular weight is 272 g/mol. The Morgan fingerprint density at radius 3 is 2.75 bits per heavy atom. The molecule has 1 aliphatic heterocycles. The summed E-state index contributed by atoms with van der Waals surface area (Å²) < 4.78 is 0. The normalized spacial score (nSPS) is 19.0. The Hall–Kier alpha value is -1.51. The molecular weight excluding hydrogens is 248 g/mol. The highest BCUT2D eigenvalue weighted by atomic mass is 16.2. The maximum absolute atomic E-state index is 12.6. The summed E-state index contributed by atoms with van der Waals surface area (Å²) in [7, 11) is 4.08. The quantitative estimate of drug-likeness (QED) is 0.826. The van der Waals surface area contributed by atoms with Gasteiger partial charge < -0.3 is 9.80 Å². The predicted molar refractivity (Wildman–Crippen MR) is 82.4 cm³/mol. The third-order valence-electron chi connectivity index (χ3n) is 4.90. The molecule has 0 unspecified atom stereocenters. The van der Waals surface area contributed by atoms with Gasteiger partial charge in [0.25, 0.3) is 5.91 Å². The molecule has 108 valence electrons. The van der Waals surface area contributed by atoms with E-state index in [2.05, 4.69) is 24.1 Å². The van der Waals surface area contributed by atoms with Crippen LogP contribution in [0, 0.1) is 0 Å². The monoisotopic (exact) mass is 272 g/mol. The third-order valence-corrected chi connectivity index (χ3v) is 4.90. The molecule has 3 nitrogen and oxygen atoms in total. The molecule has 1 fully saturated rings. The largest absolute Gasteiger partial charge is 0.374 e. The lowest BCUT2D eigenvalue weighted by Crippen LogP contribution is -2.38. The maximum atomic E-state index is 12.6. The molecule has 0 radical (unpaired) electrons. The summed E-state index contributed by atoms with van der Waals surface area (Å²) in [6.07, 6.45) is 7.23. The van der Waals surface area contributed by atoms with Gasteiger partial charge in [-0.05, 0) is 43.0 Å². The minimum absolute atomic E-state index is 0.189. The van der Waals surface area contributed by atoms with E-state index in [9.17, 15) is 4.79 Å². The van der Waals surface area contributed by atoms with Gasteiger partial charge in [0.05, 0.1) is 0 Å². The Bertz CT molecular complexity index is 506. The lowest BCUT2D eigenvalue weighted by atomic mass is 9.94. The van der Waals surface area contributed by atoms with Crippen molar-refractivity contribution in [1.82, 2.24) is 4.90 Å². The predicted octanol–water partition coefficient (Wildman–Crippen LogP) is 3.08. The molecule has 0 atom stereocenters. The van der Waals surface area contributed by atoms with Crippen LogP contribution >= 0.6 is 0 Å². The van der Waals surface area contributed by atoms with Crippen molar-refractivity contribution in [3.05, 3.63) is 29.3 Å². The van der Waals surface area contributed by atoms with Crippen molar-refractivity contribution < 1.29 is 4.79 Å². The zero-order chi connectivity index (χ0) is 14.1. The molecular formula is C17H24N2O. The lowest BCUT2D eigenvalue weighted by molar-refractivity contribution is 0.0696. The highest BCUT2D eigenvalue weighted by molar-refractivity contribution is 5.95. The molecule has 3 heteroatoms. The van der Waals surface area contributed by atoms with E-state index < -0.39 is 0 Å². The number of likely N-dealkylation sites (N-methyl/N-ethyl adjacent to an activating group) is 1. The molecule has 0 N–H and O–H groups in total. The van der Waals surface area contributed by atoms with Gasteiger partial charge in [-0.2, -0.15) is 0 Å². The topological polar surface area (TPSA) is 23.6 Å². The van der Waals surface area contributed by atoms with Crippen molar-refractivity contribution in [2.75, 3.05) is 25.5 Å². The number of anilines is 1. The average Bonchev–Trinajstić information content (AvgIpc) is 2.87. The molecule has 1 aliphatic carbocycles. The van der Waals surface area contributed by atoms with Gasteiger partial charge in [0.2, 0.25) is 0 Å². The minimum atomic E-state index is 0.189. The number of carbonyl (C=O) groups is 1. The fourth-order valence-corrected chi connectivity index (χ4v) is 3.54. The molecule has 1 amide bonds. The minimum Gasteiger partial charge on any atom is -0.374 e. The van der Waals surface area contributed by atoms with E-state index in [1.165, 1.54) is 30.5 Å². The van der Waals surface area contributed by atoms with Gasteiger partial charge in [-0.15, -0.1) is 0 Å². The first-order valence-electron chi connectivity index (χ1n) is 7.78. The number of amides is 1. The second-order valence-electron chi connectivity index (χ2n) is 6.22. The summed E-state index contributed by atoms with van der Waals surface area (Å²) in [5, 5.41) is 0. The molecule has 2 aliphatic rings. The Morgan fingerprint density at radius 2 is 2.00 bits per heavy atom. The van der Waals surface area contributed by atoms with Gasteiger partial charge in [0.15, 0.2) is 0 Å². The van der Waals surface area contributed by atoms with Crippen molar-refractivity contribution in [2.24, 2.45) is 0 Å². The zero-order valence-corrected chi connectivity index (χ0v) is 12.6. The first kappa shape index (κ1) is 13.5. The molecule has 1 aromatic rings. The number of carbonyl (C=O) groups excluding carboxylic acids is 1. The van der Waals surface area contributed by atoms with Crippen LogP contribution in [0.2, 0.25) is 0 Å². The van der Waals surface area contributed by atoms with E-state index in [0.717, 1.165) is 31.4 Å². The highest BCUT2D eigenvalue weighted by Crippen LogP contribution is 2.28. The van der Waals surface area contributed by atoms with Gasteiger partial charge in [-0.3, -0.25) is 4.79 Å². The van der Waals surface area contributed by atoms with Crippen LogP contribution in [0.4, 0.5) is 5.69 Å². The molecule has 3 rings (SSSR count). The Balaban J connectivity index is 1.77. The summed E-state index contributed by atoms with van der Waals surface area (Å²) in [5.74, 6) is 0.189. The van der Waals surface area contributed by atoms with Crippen LogP contribution in [0.5, 0.6) is 0 Å². The van der Waals surface area contributed by atoms with Crippen LogP contribution in [-0.4, -0.2) is 37.5 Å². The summed E-state index contributed by atoms with van der Waals surface area (Å²) in [4.78, 5) is 16.9. The van der Waals surface area contributed by atoms with Gasteiger partial charge in [0, 0.05) is 37.9 Å². The fourth-order valence-electron chi connectivity index (χ4n) is 3.54. The third kappa shape index (κ3) is 2.41. The summed E-state index contributed by atoms with van der Waals surface area (Å²) in [6.45, 7) is 1.06.